The maximum absolute atomic E-state index is 5.61. The molecule has 0 radical (unpaired) electrons. The predicted molar refractivity (Wildman–Crippen MR) is 77.3 cm³/mol. The number of rotatable bonds is 5. The van der Waals surface area contributed by atoms with Crippen molar-refractivity contribution < 1.29 is 9.26 Å². The molecular formula is C16H21NO2. The van der Waals surface area contributed by atoms with Crippen LogP contribution in [0.4, 0.5) is 0 Å². The number of ether oxygens (including phenoxy) is 1. The molecule has 0 aliphatic rings. The summed E-state index contributed by atoms with van der Waals surface area (Å²) in [5, 5.41) is 3.90. The van der Waals surface area contributed by atoms with Gasteiger partial charge >= 0.3 is 0 Å². The summed E-state index contributed by atoms with van der Waals surface area (Å²) in [4.78, 5) is 0. The van der Waals surface area contributed by atoms with Crippen molar-refractivity contribution in [1.29, 1.82) is 0 Å². The van der Waals surface area contributed by atoms with E-state index in [1.807, 2.05) is 51.1 Å². The number of nitrogens with zero attached hydrogens (tertiary/aromatic N) is 1. The van der Waals surface area contributed by atoms with E-state index in [0.717, 1.165) is 16.9 Å². The van der Waals surface area contributed by atoms with Gasteiger partial charge < -0.3 is 9.26 Å². The number of benzene rings is 1. The molecule has 19 heavy (non-hydrogen) atoms. The Kier molecular flexibility index (Phi) is 6.44. The molecule has 0 spiro atoms. The molecule has 2 rings (SSSR count). The van der Waals surface area contributed by atoms with Crippen molar-refractivity contribution in [2.75, 3.05) is 0 Å². The summed E-state index contributed by atoms with van der Waals surface area (Å²) in [5.41, 5.74) is 2.06. The summed E-state index contributed by atoms with van der Waals surface area (Å²) >= 11 is 0. The van der Waals surface area contributed by atoms with Crippen molar-refractivity contribution in [3.63, 3.8) is 0 Å². The largest absolute Gasteiger partial charge is 0.470 e. The zero-order valence-electron chi connectivity index (χ0n) is 11.8. The fraction of sp³-hybridized carbons (Fsp3) is 0.312. The lowest BCUT2D eigenvalue weighted by molar-refractivity contribution is 0.266. The van der Waals surface area contributed by atoms with Crippen LogP contribution in [0, 0.1) is 6.92 Å². The van der Waals surface area contributed by atoms with E-state index in [1.165, 1.54) is 0 Å². The fourth-order valence-corrected chi connectivity index (χ4v) is 1.53. The SMILES string of the molecule is C=CCc1onc(OCc2ccccc2)c1C.CC. The first-order valence-electron chi connectivity index (χ1n) is 6.54. The van der Waals surface area contributed by atoms with Crippen LogP contribution in [-0.2, 0) is 13.0 Å². The second-order valence-electron chi connectivity index (χ2n) is 3.80. The molecule has 1 aromatic heterocycles. The van der Waals surface area contributed by atoms with E-state index in [4.69, 9.17) is 9.26 Å². The average Bonchev–Trinajstić information content (AvgIpc) is 2.82. The van der Waals surface area contributed by atoms with E-state index in [1.54, 1.807) is 6.08 Å². The summed E-state index contributed by atoms with van der Waals surface area (Å²) in [6.07, 6.45) is 2.46. The fourth-order valence-electron chi connectivity index (χ4n) is 1.53. The Hall–Kier alpha value is -2.03. The third-order valence-electron chi connectivity index (χ3n) is 2.53. The van der Waals surface area contributed by atoms with Crippen LogP contribution in [0.3, 0.4) is 0 Å². The standard InChI is InChI=1S/C14H15NO2.C2H6/c1-3-7-13-11(2)14(15-17-13)16-10-12-8-5-4-6-9-12;1-2/h3-6,8-9H,1,7,10H2,2H3;1-2H3. The zero-order valence-corrected chi connectivity index (χ0v) is 11.8. The minimum atomic E-state index is 0.502. The van der Waals surface area contributed by atoms with E-state index in [2.05, 4.69) is 11.7 Å². The molecule has 0 amide bonds. The van der Waals surface area contributed by atoms with E-state index in [0.29, 0.717) is 18.9 Å². The molecule has 0 saturated heterocycles. The summed E-state index contributed by atoms with van der Waals surface area (Å²) in [7, 11) is 0. The molecule has 0 aliphatic carbocycles. The van der Waals surface area contributed by atoms with Gasteiger partial charge in [-0.2, -0.15) is 0 Å². The molecule has 1 aromatic carbocycles. The first-order valence-corrected chi connectivity index (χ1v) is 6.54. The van der Waals surface area contributed by atoms with Crippen molar-refractivity contribution in [2.45, 2.75) is 33.8 Å². The lowest BCUT2D eigenvalue weighted by Gasteiger charge is -2.02. The molecule has 0 unspecified atom stereocenters. The maximum Gasteiger partial charge on any atom is 0.257 e. The summed E-state index contributed by atoms with van der Waals surface area (Å²) in [5.74, 6) is 1.37. The van der Waals surface area contributed by atoms with E-state index >= 15 is 0 Å². The van der Waals surface area contributed by atoms with Crippen LogP contribution in [0.15, 0.2) is 47.5 Å². The van der Waals surface area contributed by atoms with Gasteiger partial charge in [-0.05, 0) is 17.6 Å². The first-order chi connectivity index (χ1) is 9.31. The smallest absolute Gasteiger partial charge is 0.257 e. The topological polar surface area (TPSA) is 35.3 Å². The van der Waals surface area contributed by atoms with Crippen LogP contribution < -0.4 is 4.74 Å². The molecule has 0 saturated carbocycles. The summed E-state index contributed by atoms with van der Waals surface area (Å²) in [6.45, 7) is 10.1. The summed E-state index contributed by atoms with van der Waals surface area (Å²) in [6, 6.07) is 9.97. The van der Waals surface area contributed by atoms with Crippen molar-refractivity contribution >= 4 is 0 Å². The highest BCUT2D eigenvalue weighted by molar-refractivity contribution is 5.28. The molecule has 0 bridgehead atoms. The molecule has 0 aliphatic heterocycles. The molecule has 102 valence electrons. The Labute approximate surface area is 114 Å². The molecule has 3 heteroatoms. The van der Waals surface area contributed by atoms with Gasteiger partial charge in [0, 0.05) is 6.42 Å². The van der Waals surface area contributed by atoms with Crippen LogP contribution in [0.1, 0.15) is 30.7 Å². The van der Waals surface area contributed by atoms with Crippen LogP contribution in [-0.4, -0.2) is 5.16 Å². The number of aromatic nitrogens is 1. The second kappa shape index (κ2) is 8.14. The lowest BCUT2D eigenvalue weighted by atomic mass is 10.2. The van der Waals surface area contributed by atoms with E-state index < -0.39 is 0 Å². The second-order valence-corrected chi connectivity index (χ2v) is 3.80. The van der Waals surface area contributed by atoms with Gasteiger partial charge in [-0.1, -0.05) is 50.3 Å². The van der Waals surface area contributed by atoms with Gasteiger partial charge in [-0.15, -0.1) is 6.58 Å². The molecule has 1 heterocycles. The Morgan fingerprint density at radius 1 is 1.26 bits per heavy atom. The van der Waals surface area contributed by atoms with Crippen molar-refractivity contribution in [2.24, 2.45) is 0 Å². The molecule has 0 atom stereocenters. The van der Waals surface area contributed by atoms with Gasteiger partial charge in [0.05, 0.1) is 5.56 Å². The van der Waals surface area contributed by atoms with Crippen LogP contribution in [0.5, 0.6) is 5.88 Å². The first kappa shape index (κ1) is 15.0. The third kappa shape index (κ3) is 4.28. The lowest BCUT2D eigenvalue weighted by Crippen LogP contribution is -1.96. The highest BCUT2D eigenvalue weighted by Gasteiger charge is 2.11. The van der Waals surface area contributed by atoms with Gasteiger partial charge in [0.1, 0.15) is 12.4 Å². The monoisotopic (exact) mass is 259 g/mol. The maximum atomic E-state index is 5.61. The van der Waals surface area contributed by atoms with E-state index in [-0.39, 0.29) is 0 Å². The summed E-state index contributed by atoms with van der Waals surface area (Å²) < 4.78 is 10.8. The van der Waals surface area contributed by atoms with Crippen LogP contribution in [0.25, 0.3) is 0 Å². The number of allylic oxidation sites excluding steroid dienone is 1. The molecule has 0 fully saturated rings. The number of hydrogen-bond acceptors (Lipinski definition) is 3. The average molecular weight is 259 g/mol. The third-order valence-corrected chi connectivity index (χ3v) is 2.53. The van der Waals surface area contributed by atoms with Crippen LogP contribution in [0.2, 0.25) is 0 Å². The molecule has 3 nitrogen and oxygen atoms in total. The van der Waals surface area contributed by atoms with Gasteiger partial charge in [-0.3, -0.25) is 0 Å². The quantitative estimate of drug-likeness (QED) is 0.750. The molecule has 0 N–H and O–H groups in total. The van der Waals surface area contributed by atoms with Crippen LogP contribution >= 0.6 is 0 Å². The van der Waals surface area contributed by atoms with Gasteiger partial charge in [-0.25, -0.2) is 0 Å². The van der Waals surface area contributed by atoms with E-state index in [9.17, 15) is 0 Å². The Bertz CT molecular complexity index is 489. The highest BCUT2D eigenvalue weighted by Crippen LogP contribution is 2.21. The normalized spacial score (nSPS) is 9.42. The van der Waals surface area contributed by atoms with Gasteiger partial charge in [0.15, 0.2) is 0 Å². The number of hydrogen-bond donors (Lipinski definition) is 0. The Morgan fingerprint density at radius 3 is 2.58 bits per heavy atom. The Balaban J connectivity index is 0.000000861. The van der Waals surface area contributed by atoms with Gasteiger partial charge in [0.25, 0.3) is 5.88 Å². The minimum absolute atomic E-state index is 0.502. The molecular weight excluding hydrogens is 238 g/mol. The zero-order chi connectivity index (χ0) is 14.1. The van der Waals surface area contributed by atoms with Crippen molar-refractivity contribution in [3.8, 4) is 5.88 Å². The predicted octanol–water partition coefficient (Wildman–Crippen LogP) is 4.32. The Morgan fingerprint density at radius 2 is 1.95 bits per heavy atom. The van der Waals surface area contributed by atoms with Crippen molar-refractivity contribution in [3.05, 3.63) is 59.9 Å². The minimum Gasteiger partial charge on any atom is -0.470 e. The molecule has 2 aromatic rings. The van der Waals surface area contributed by atoms with Crippen molar-refractivity contribution in [1.82, 2.24) is 5.16 Å². The highest BCUT2D eigenvalue weighted by atomic mass is 16.5. The van der Waals surface area contributed by atoms with Gasteiger partial charge in [0.2, 0.25) is 0 Å².